The maximum absolute atomic E-state index is 13.1. The lowest BCUT2D eigenvalue weighted by atomic mass is 10.3. The smallest absolute Gasteiger partial charge is 0.413 e. The molecule has 0 N–H and O–H groups in total. The Balaban J connectivity index is 2.40. The van der Waals surface area contributed by atoms with E-state index in [2.05, 4.69) is 0 Å². The summed E-state index contributed by atoms with van der Waals surface area (Å²) >= 11 is 24.0. The molecule has 2 rings (SSSR count). The highest BCUT2D eigenvalue weighted by molar-refractivity contribution is 7.60. The monoisotopic (exact) mass is 398 g/mol. The Kier molecular flexibility index (Phi) is 5.58. The third-order valence-corrected chi connectivity index (χ3v) is 6.29. The molecular formula is C14H11Cl4O3P. The first-order chi connectivity index (χ1) is 10.2. The van der Waals surface area contributed by atoms with Gasteiger partial charge in [0.1, 0.15) is 11.5 Å². The average Bonchev–Trinajstić information content (AvgIpc) is 2.43. The number of rotatable bonds is 5. The lowest BCUT2D eigenvalue weighted by Gasteiger charge is -2.27. The number of hydrogen-bond donors (Lipinski definition) is 0. The van der Waals surface area contributed by atoms with Crippen LogP contribution >= 0.6 is 54.0 Å². The Bertz CT molecular complexity index is 664. The molecule has 22 heavy (non-hydrogen) atoms. The van der Waals surface area contributed by atoms with Crippen molar-refractivity contribution >= 4 is 54.0 Å². The zero-order valence-electron chi connectivity index (χ0n) is 11.3. The van der Waals surface area contributed by atoms with Gasteiger partial charge in [-0.3, -0.25) is 0 Å². The topological polar surface area (TPSA) is 35.5 Å². The van der Waals surface area contributed by atoms with Crippen molar-refractivity contribution in [1.29, 1.82) is 0 Å². The third kappa shape index (κ3) is 4.04. The summed E-state index contributed by atoms with van der Waals surface area (Å²) in [5.41, 5.74) is 0. The van der Waals surface area contributed by atoms with Gasteiger partial charge in [-0.05, 0) is 31.2 Å². The highest BCUT2D eigenvalue weighted by Crippen LogP contribution is 2.64. The van der Waals surface area contributed by atoms with Gasteiger partial charge in [-0.1, -0.05) is 70.7 Å². The summed E-state index contributed by atoms with van der Waals surface area (Å²) in [4.78, 5) is 0. The van der Waals surface area contributed by atoms with Crippen LogP contribution in [-0.4, -0.2) is 4.07 Å². The summed E-state index contributed by atoms with van der Waals surface area (Å²) < 4.78 is 22.1. The second-order valence-corrected chi connectivity index (χ2v) is 9.68. The molecule has 0 saturated carbocycles. The van der Waals surface area contributed by atoms with Gasteiger partial charge in [0, 0.05) is 0 Å². The summed E-state index contributed by atoms with van der Waals surface area (Å²) in [5.74, 6) is 0.291. The van der Waals surface area contributed by atoms with E-state index in [4.69, 9.17) is 55.5 Å². The summed E-state index contributed by atoms with van der Waals surface area (Å²) in [6, 6.07) is 13.0. The molecule has 3 nitrogen and oxygen atoms in total. The highest BCUT2D eigenvalue weighted by Gasteiger charge is 2.48. The first-order valence-electron chi connectivity index (χ1n) is 6.09. The molecule has 0 aliphatic rings. The molecule has 8 heteroatoms. The highest BCUT2D eigenvalue weighted by atomic mass is 35.5. The molecule has 0 saturated heterocycles. The molecule has 0 atom stereocenters. The van der Waals surface area contributed by atoms with Crippen molar-refractivity contribution in [3.63, 3.8) is 0 Å². The van der Waals surface area contributed by atoms with Crippen molar-refractivity contribution in [3.8, 4) is 11.5 Å². The van der Waals surface area contributed by atoms with E-state index < -0.39 is 11.7 Å². The maximum atomic E-state index is 13.1. The molecule has 0 heterocycles. The Labute approximate surface area is 148 Å². The molecule has 0 aliphatic heterocycles. The largest absolute Gasteiger partial charge is 0.466 e. The van der Waals surface area contributed by atoms with E-state index in [0.29, 0.717) is 0 Å². The Hall–Kier alpha value is -0.570. The molecule has 2 aromatic rings. The summed E-state index contributed by atoms with van der Waals surface area (Å²) in [7, 11) is -4.04. The predicted octanol–water partition coefficient (Wildman–Crippen LogP) is 6.80. The molecular weight excluding hydrogens is 389 g/mol. The molecule has 2 aromatic carbocycles. The lowest BCUT2D eigenvalue weighted by molar-refractivity contribution is 0.380. The van der Waals surface area contributed by atoms with Gasteiger partial charge in [0.15, 0.2) is 0 Å². The van der Waals surface area contributed by atoms with E-state index in [-0.39, 0.29) is 21.5 Å². The van der Waals surface area contributed by atoms with Crippen LogP contribution in [0.3, 0.4) is 0 Å². The van der Waals surface area contributed by atoms with Gasteiger partial charge in [0.05, 0.1) is 10.0 Å². The van der Waals surface area contributed by atoms with Crippen LogP contribution in [0.2, 0.25) is 10.0 Å². The van der Waals surface area contributed by atoms with E-state index in [0.717, 1.165) is 0 Å². The minimum Gasteiger partial charge on any atom is -0.413 e. The zero-order chi connectivity index (χ0) is 16.4. The molecule has 0 radical (unpaired) electrons. The van der Waals surface area contributed by atoms with Crippen LogP contribution in [0.15, 0.2) is 48.5 Å². The molecule has 0 bridgehead atoms. The van der Waals surface area contributed by atoms with Crippen LogP contribution in [0.4, 0.5) is 0 Å². The number of hydrogen-bond acceptors (Lipinski definition) is 3. The maximum Gasteiger partial charge on any atom is 0.466 e. The quantitative estimate of drug-likeness (QED) is 0.409. The normalized spacial score (nSPS) is 12.0. The van der Waals surface area contributed by atoms with E-state index in [1.165, 1.54) is 19.1 Å². The Morgan fingerprint density at radius 3 is 1.55 bits per heavy atom. The lowest BCUT2D eigenvalue weighted by Crippen LogP contribution is -2.17. The van der Waals surface area contributed by atoms with Crippen LogP contribution in [0.1, 0.15) is 6.92 Å². The van der Waals surface area contributed by atoms with Crippen LogP contribution in [0.25, 0.3) is 0 Å². The molecule has 0 amide bonds. The molecule has 0 fully saturated rings. The number of para-hydroxylation sites is 2. The molecule has 0 spiro atoms. The van der Waals surface area contributed by atoms with Crippen molar-refractivity contribution in [2.75, 3.05) is 0 Å². The molecule has 0 aromatic heterocycles. The van der Waals surface area contributed by atoms with E-state index >= 15 is 0 Å². The van der Waals surface area contributed by atoms with Gasteiger partial charge in [0.25, 0.3) is 0 Å². The molecule has 0 aliphatic carbocycles. The van der Waals surface area contributed by atoms with Gasteiger partial charge in [-0.2, -0.15) is 0 Å². The number of alkyl halides is 2. The molecule has 118 valence electrons. The number of benzene rings is 2. The van der Waals surface area contributed by atoms with E-state index in [1.807, 2.05) is 0 Å². The van der Waals surface area contributed by atoms with Gasteiger partial charge in [0.2, 0.25) is 4.07 Å². The fourth-order valence-corrected chi connectivity index (χ4v) is 3.54. The van der Waals surface area contributed by atoms with Crippen molar-refractivity contribution in [2.24, 2.45) is 0 Å². The first-order valence-corrected chi connectivity index (χ1v) is 9.14. The second-order valence-electron chi connectivity index (χ2n) is 4.38. The molecule has 0 unspecified atom stereocenters. The minimum absolute atomic E-state index is 0.145. The predicted molar refractivity (Wildman–Crippen MR) is 91.9 cm³/mol. The van der Waals surface area contributed by atoms with Gasteiger partial charge in [-0.25, -0.2) is 4.57 Å². The third-order valence-electron chi connectivity index (χ3n) is 2.59. The van der Waals surface area contributed by atoms with Crippen LogP contribution in [0, 0.1) is 0 Å². The Morgan fingerprint density at radius 1 is 0.864 bits per heavy atom. The van der Waals surface area contributed by atoms with Crippen molar-refractivity contribution < 1.29 is 13.6 Å². The fourth-order valence-electron chi connectivity index (χ4n) is 1.48. The first kappa shape index (κ1) is 17.8. The van der Waals surface area contributed by atoms with Crippen LogP contribution in [0.5, 0.6) is 11.5 Å². The zero-order valence-corrected chi connectivity index (χ0v) is 15.2. The summed E-state index contributed by atoms with van der Waals surface area (Å²) in [6.07, 6.45) is 0. The standard InChI is InChI=1S/C14H11Cl4O3P/c1-14(17,18)22(19,20-12-8-4-2-6-10(12)15)21-13-9-5-3-7-11(13)16/h2-9H,1H3. The van der Waals surface area contributed by atoms with Crippen molar-refractivity contribution in [3.05, 3.63) is 58.6 Å². The minimum atomic E-state index is -4.04. The average molecular weight is 400 g/mol. The van der Waals surface area contributed by atoms with Crippen molar-refractivity contribution in [2.45, 2.75) is 11.0 Å². The second kappa shape index (κ2) is 6.90. The van der Waals surface area contributed by atoms with E-state index in [1.54, 1.807) is 36.4 Å². The van der Waals surface area contributed by atoms with Crippen LogP contribution < -0.4 is 9.05 Å². The Morgan fingerprint density at radius 2 is 1.23 bits per heavy atom. The van der Waals surface area contributed by atoms with Crippen LogP contribution in [-0.2, 0) is 4.57 Å². The summed E-state index contributed by atoms with van der Waals surface area (Å²) in [6.45, 7) is 1.31. The van der Waals surface area contributed by atoms with Gasteiger partial charge >= 0.3 is 7.60 Å². The SMILES string of the molecule is CC(Cl)(Cl)P(=O)(Oc1ccccc1Cl)Oc1ccccc1Cl. The van der Waals surface area contributed by atoms with Gasteiger partial charge < -0.3 is 9.05 Å². The van der Waals surface area contributed by atoms with Crippen molar-refractivity contribution in [1.82, 2.24) is 0 Å². The van der Waals surface area contributed by atoms with Gasteiger partial charge in [-0.15, -0.1) is 0 Å². The van der Waals surface area contributed by atoms with E-state index in [9.17, 15) is 4.57 Å². The fraction of sp³-hybridized carbons (Fsp3) is 0.143. The summed E-state index contributed by atoms with van der Waals surface area (Å²) in [5, 5.41) is 0.506. The number of halogens is 4.